The van der Waals surface area contributed by atoms with Crippen LogP contribution in [-0.2, 0) is 0 Å². The maximum atomic E-state index is 10.2. The number of hydrogen-bond donors (Lipinski definition) is 1. The molecule has 0 aromatic rings. The summed E-state index contributed by atoms with van der Waals surface area (Å²) in [4.78, 5) is 0. The van der Waals surface area contributed by atoms with Crippen LogP contribution in [0.3, 0.4) is 0 Å². The first-order chi connectivity index (χ1) is 15.2. The van der Waals surface area contributed by atoms with Crippen molar-refractivity contribution in [3.05, 3.63) is 0 Å². The Morgan fingerprint density at radius 3 is 1.35 bits per heavy atom. The summed E-state index contributed by atoms with van der Waals surface area (Å²) in [7, 11) is 0. The molecule has 0 heterocycles. The molecule has 6 unspecified atom stereocenters. The van der Waals surface area contributed by atoms with Crippen molar-refractivity contribution in [3.63, 3.8) is 0 Å². The molecule has 0 radical (unpaired) electrons. The summed E-state index contributed by atoms with van der Waals surface area (Å²) in [6.07, 6.45) is 13.3. The molecule has 2 saturated carbocycles. The van der Waals surface area contributed by atoms with E-state index in [1.165, 1.54) is 57.8 Å². The quantitative estimate of drug-likeness (QED) is 0.426. The van der Waals surface area contributed by atoms with Crippen molar-refractivity contribution in [3.8, 4) is 0 Å². The van der Waals surface area contributed by atoms with Crippen LogP contribution in [-0.4, -0.2) is 11.2 Å². The highest BCUT2D eigenvalue weighted by atomic mass is 16.3. The Morgan fingerprint density at radius 1 is 0.559 bits per heavy atom. The molecule has 0 aromatic heterocycles. The van der Waals surface area contributed by atoms with Crippen LogP contribution in [0, 0.1) is 51.2 Å². The molecule has 0 bridgehead atoms. The van der Waals surface area contributed by atoms with E-state index in [2.05, 4.69) is 90.0 Å². The Kier molecular flexibility index (Phi) is 11.7. The first-order valence-corrected chi connectivity index (χ1v) is 14.9. The van der Waals surface area contributed by atoms with Crippen molar-refractivity contribution in [2.45, 2.75) is 160 Å². The van der Waals surface area contributed by atoms with Crippen molar-refractivity contribution in [2.24, 2.45) is 51.2 Å². The average molecular weight is 479 g/mol. The third-order valence-electron chi connectivity index (χ3n) is 9.03. The molecule has 2 rings (SSSR count). The summed E-state index contributed by atoms with van der Waals surface area (Å²) in [6, 6.07) is 0. The van der Waals surface area contributed by atoms with E-state index in [1.807, 2.05) is 0 Å². The predicted octanol–water partition coefficient (Wildman–Crippen LogP) is 10.5. The summed E-state index contributed by atoms with van der Waals surface area (Å²) < 4.78 is 0. The van der Waals surface area contributed by atoms with Gasteiger partial charge in [0, 0.05) is 0 Å². The van der Waals surface area contributed by atoms with Crippen molar-refractivity contribution < 1.29 is 5.11 Å². The van der Waals surface area contributed by atoms with Gasteiger partial charge >= 0.3 is 0 Å². The van der Waals surface area contributed by atoms with Crippen LogP contribution in [0.2, 0.25) is 0 Å². The van der Waals surface area contributed by atoms with Crippen LogP contribution >= 0.6 is 0 Å². The second-order valence-corrected chi connectivity index (χ2v) is 17.0. The van der Waals surface area contributed by atoms with Gasteiger partial charge in [-0.25, -0.2) is 0 Å². The van der Waals surface area contributed by atoms with Gasteiger partial charge in [0.15, 0.2) is 0 Å². The summed E-state index contributed by atoms with van der Waals surface area (Å²) in [6.45, 7) is 30.7. The highest BCUT2D eigenvalue weighted by molar-refractivity contribution is 4.87. The lowest BCUT2D eigenvalue weighted by atomic mass is 9.63. The molecule has 6 atom stereocenters. The molecule has 34 heavy (non-hydrogen) atoms. The van der Waals surface area contributed by atoms with Gasteiger partial charge in [-0.15, -0.1) is 0 Å². The molecule has 0 spiro atoms. The molecule has 1 heteroatoms. The van der Waals surface area contributed by atoms with Crippen molar-refractivity contribution in [1.82, 2.24) is 0 Å². The normalized spacial score (nSPS) is 31.6. The Hall–Kier alpha value is -0.0400. The zero-order chi connectivity index (χ0) is 26.5. The van der Waals surface area contributed by atoms with Crippen molar-refractivity contribution in [1.29, 1.82) is 0 Å². The highest BCUT2D eigenvalue weighted by Gasteiger charge is 2.37. The molecule has 2 aliphatic rings. The van der Waals surface area contributed by atoms with Crippen LogP contribution in [0.15, 0.2) is 0 Å². The fraction of sp³-hybridized carbons (Fsp3) is 1.00. The summed E-state index contributed by atoms with van der Waals surface area (Å²) in [5.41, 5.74) is 1.73. The smallest absolute Gasteiger partial charge is 0.0573 e. The summed E-state index contributed by atoms with van der Waals surface area (Å²) in [5, 5.41) is 10.2. The molecule has 0 aromatic carbocycles. The van der Waals surface area contributed by atoms with Gasteiger partial charge in [0.05, 0.1) is 6.10 Å². The third kappa shape index (κ3) is 12.3. The lowest BCUT2D eigenvalue weighted by Gasteiger charge is -2.42. The fourth-order valence-corrected chi connectivity index (χ4v) is 6.77. The van der Waals surface area contributed by atoms with E-state index in [1.54, 1.807) is 0 Å². The molecule has 204 valence electrons. The molecule has 0 amide bonds. The van der Waals surface area contributed by atoms with Crippen molar-refractivity contribution >= 4 is 0 Å². The minimum Gasteiger partial charge on any atom is -0.393 e. The van der Waals surface area contributed by atoms with Crippen LogP contribution in [0.25, 0.3) is 0 Å². The van der Waals surface area contributed by atoms with Gasteiger partial charge in [-0.3, -0.25) is 0 Å². The van der Waals surface area contributed by atoms with E-state index in [0.29, 0.717) is 22.2 Å². The fourth-order valence-electron chi connectivity index (χ4n) is 6.77. The van der Waals surface area contributed by atoms with E-state index in [4.69, 9.17) is 0 Å². The van der Waals surface area contributed by atoms with Crippen molar-refractivity contribution in [2.75, 3.05) is 0 Å². The predicted molar refractivity (Wildman–Crippen MR) is 153 cm³/mol. The molecule has 0 saturated heterocycles. The zero-order valence-electron chi connectivity index (χ0n) is 26.0. The molecule has 0 aliphatic heterocycles. The first kappa shape index (κ1) is 32.0. The summed E-state index contributed by atoms with van der Waals surface area (Å²) in [5.74, 6) is 4.19. The molecule has 1 N–H and O–H groups in total. The number of hydrogen-bond acceptors (Lipinski definition) is 1. The molecule has 2 fully saturated rings. The van der Waals surface area contributed by atoms with Gasteiger partial charge in [-0.2, -0.15) is 0 Å². The lowest BCUT2D eigenvalue weighted by molar-refractivity contribution is -0.0109. The van der Waals surface area contributed by atoms with Gasteiger partial charge in [0.25, 0.3) is 0 Å². The standard InChI is InChI=1S/C17H34.C16H32O/c1-13-12-14(10-11-16(2,3)4)8-9-15(13)17(5,6)7;1-15(2,3)10-9-12-7-8-14(17)13(11-12)16(4,5)6/h13-15H,8-12H2,1-7H3;12-14,17H,7-11H2,1-6H3. The van der Waals surface area contributed by atoms with Crippen LogP contribution in [0.1, 0.15) is 154 Å². The molecule has 2 aliphatic carbocycles. The van der Waals surface area contributed by atoms with Gasteiger partial charge < -0.3 is 5.11 Å². The van der Waals surface area contributed by atoms with Gasteiger partial charge in [0.2, 0.25) is 0 Å². The molecule has 1 nitrogen and oxygen atoms in total. The van der Waals surface area contributed by atoms with E-state index >= 15 is 0 Å². The van der Waals surface area contributed by atoms with E-state index < -0.39 is 0 Å². The topological polar surface area (TPSA) is 20.2 Å². The van der Waals surface area contributed by atoms with Gasteiger partial charge in [-0.1, -0.05) is 96.4 Å². The Morgan fingerprint density at radius 2 is 0.971 bits per heavy atom. The third-order valence-corrected chi connectivity index (χ3v) is 9.03. The molecular formula is C33H66O. The Balaban J connectivity index is 0.000000340. The second kappa shape index (κ2) is 12.5. The van der Waals surface area contributed by atoms with Crippen LogP contribution in [0.4, 0.5) is 0 Å². The number of rotatable bonds is 4. The highest BCUT2D eigenvalue weighted by Crippen LogP contribution is 2.45. The molecular weight excluding hydrogens is 412 g/mol. The maximum Gasteiger partial charge on any atom is 0.0573 e. The van der Waals surface area contributed by atoms with Crippen LogP contribution < -0.4 is 0 Å². The minimum atomic E-state index is -0.0686. The first-order valence-electron chi connectivity index (χ1n) is 14.9. The van der Waals surface area contributed by atoms with E-state index in [0.717, 1.165) is 30.1 Å². The van der Waals surface area contributed by atoms with Gasteiger partial charge in [-0.05, 0) is 109 Å². The Bertz CT molecular complexity index is 561. The zero-order valence-corrected chi connectivity index (χ0v) is 26.0. The number of aliphatic hydroxyl groups is 1. The van der Waals surface area contributed by atoms with E-state index in [-0.39, 0.29) is 11.5 Å². The van der Waals surface area contributed by atoms with Crippen LogP contribution in [0.5, 0.6) is 0 Å². The maximum absolute atomic E-state index is 10.2. The average Bonchev–Trinajstić information content (AvgIpc) is 2.63. The SMILES string of the molecule is CC(C)(C)CCC1CCC(O)C(C(C)(C)C)C1.CC1CC(CCC(C)(C)C)CCC1C(C)(C)C. The minimum absolute atomic E-state index is 0.0686. The van der Waals surface area contributed by atoms with E-state index in [9.17, 15) is 5.11 Å². The lowest BCUT2D eigenvalue weighted by Crippen LogP contribution is -2.37. The number of aliphatic hydroxyl groups excluding tert-OH is 1. The Labute approximate surface area is 216 Å². The second-order valence-electron chi connectivity index (χ2n) is 17.0. The van der Waals surface area contributed by atoms with Gasteiger partial charge in [0.1, 0.15) is 0 Å². The summed E-state index contributed by atoms with van der Waals surface area (Å²) >= 11 is 0. The monoisotopic (exact) mass is 479 g/mol. The largest absolute Gasteiger partial charge is 0.393 e.